The Labute approximate surface area is 80.8 Å². The number of hydrogen-bond acceptors (Lipinski definition) is 3. The third-order valence-corrected chi connectivity index (χ3v) is 1.45. The second-order valence-corrected chi connectivity index (χ2v) is 5.21. The van der Waals surface area contributed by atoms with Gasteiger partial charge in [-0.3, -0.25) is 9.63 Å². The van der Waals surface area contributed by atoms with Gasteiger partial charge in [-0.25, -0.2) is 0 Å². The van der Waals surface area contributed by atoms with E-state index in [0.717, 1.165) is 0 Å². The lowest BCUT2D eigenvalue weighted by atomic mass is 9.91. The molecule has 0 aliphatic carbocycles. The van der Waals surface area contributed by atoms with E-state index >= 15 is 0 Å². The number of Topliss-reactive ketones (excluding diaryl/α,β-unsaturated/α-hetero) is 1. The van der Waals surface area contributed by atoms with Crippen LogP contribution in [0.15, 0.2) is 0 Å². The Morgan fingerprint density at radius 3 is 1.92 bits per heavy atom. The molecule has 0 unspecified atom stereocenters. The first-order chi connectivity index (χ1) is 5.63. The monoisotopic (exact) mass is 187 g/mol. The molecule has 0 saturated carbocycles. The molecule has 78 valence electrons. The molecule has 0 saturated heterocycles. The first-order valence-corrected chi connectivity index (χ1v) is 4.57. The van der Waals surface area contributed by atoms with Gasteiger partial charge in [0.25, 0.3) is 0 Å². The fourth-order valence-electron chi connectivity index (χ4n) is 0.583. The quantitative estimate of drug-likeness (QED) is 0.686. The van der Waals surface area contributed by atoms with Crippen molar-refractivity contribution in [2.24, 2.45) is 5.41 Å². The smallest absolute Gasteiger partial charge is 0.154 e. The molecule has 0 aliphatic heterocycles. The third-order valence-electron chi connectivity index (χ3n) is 1.45. The van der Waals surface area contributed by atoms with Crippen molar-refractivity contribution in [3.8, 4) is 0 Å². The molecule has 3 heteroatoms. The van der Waals surface area contributed by atoms with Crippen LogP contribution in [0, 0.1) is 5.41 Å². The summed E-state index contributed by atoms with van der Waals surface area (Å²) in [4.78, 5) is 16.6. The lowest BCUT2D eigenvalue weighted by Crippen LogP contribution is -2.36. The normalized spacial score (nSPS) is 13.1. The number of ketones is 1. The molecule has 0 atom stereocenters. The number of hydroxylamine groups is 1. The summed E-state index contributed by atoms with van der Waals surface area (Å²) in [7, 11) is 0. The van der Waals surface area contributed by atoms with Gasteiger partial charge in [-0.05, 0) is 20.8 Å². The molecule has 0 aromatic heterocycles. The van der Waals surface area contributed by atoms with Crippen LogP contribution in [0.1, 0.15) is 41.5 Å². The summed E-state index contributed by atoms with van der Waals surface area (Å²) in [5, 5.41) is 0. The molecule has 0 rings (SSSR count). The summed E-state index contributed by atoms with van der Waals surface area (Å²) in [5.74, 6) is 0.150. The second-order valence-electron chi connectivity index (χ2n) is 5.21. The van der Waals surface area contributed by atoms with Crippen molar-refractivity contribution in [3.05, 3.63) is 0 Å². The molecule has 0 aromatic carbocycles. The van der Waals surface area contributed by atoms with Gasteiger partial charge in [-0.15, -0.1) is 0 Å². The molecule has 1 N–H and O–H groups in total. The van der Waals surface area contributed by atoms with Gasteiger partial charge in [0.2, 0.25) is 0 Å². The zero-order chi connectivity index (χ0) is 10.7. The van der Waals surface area contributed by atoms with Gasteiger partial charge in [0, 0.05) is 5.41 Å². The Morgan fingerprint density at radius 1 is 1.15 bits per heavy atom. The van der Waals surface area contributed by atoms with Crippen LogP contribution in [0.4, 0.5) is 0 Å². The summed E-state index contributed by atoms with van der Waals surface area (Å²) >= 11 is 0. The second kappa shape index (κ2) is 4.20. The molecule has 0 aliphatic rings. The molecule has 3 nitrogen and oxygen atoms in total. The van der Waals surface area contributed by atoms with Crippen LogP contribution in [0.3, 0.4) is 0 Å². The van der Waals surface area contributed by atoms with Crippen molar-refractivity contribution in [1.82, 2.24) is 5.48 Å². The van der Waals surface area contributed by atoms with E-state index in [1.165, 1.54) is 0 Å². The fraction of sp³-hybridized carbons (Fsp3) is 0.900. The standard InChI is InChI=1S/C10H21NO2/c1-9(2,3)8(12)7-11-13-10(4,5)6/h11H,7H2,1-6H3. The highest BCUT2D eigenvalue weighted by Gasteiger charge is 2.21. The van der Waals surface area contributed by atoms with Gasteiger partial charge in [-0.1, -0.05) is 20.8 Å². The van der Waals surface area contributed by atoms with E-state index in [1.807, 2.05) is 41.5 Å². The molecule has 0 bridgehead atoms. The number of rotatable bonds is 3. The average molecular weight is 187 g/mol. The maximum absolute atomic E-state index is 11.4. The minimum absolute atomic E-state index is 0.150. The van der Waals surface area contributed by atoms with Crippen molar-refractivity contribution in [3.63, 3.8) is 0 Å². The summed E-state index contributed by atoms with van der Waals surface area (Å²) in [6.07, 6.45) is 0. The van der Waals surface area contributed by atoms with Gasteiger partial charge in [0.15, 0.2) is 5.78 Å². The Hall–Kier alpha value is -0.410. The molecular weight excluding hydrogens is 166 g/mol. The molecular formula is C10H21NO2. The minimum Gasteiger partial charge on any atom is -0.298 e. The summed E-state index contributed by atoms with van der Waals surface area (Å²) in [5.41, 5.74) is 2.13. The van der Waals surface area contributed by atoms with Crippen molar-refractivity contribution >= 4 is 5.78 Å². The Balaban J connectivity index is 3.74. The Bertz CT molecular complexity index is 174. The number of nitrogens with one attached hydrogen (secondary N) is 1. The summed E-state index contributed by atoms with van der Waals surface area (Å²) < 4.78 is 0. The van der Waals surface area contributed by atoms with Crippen molar-refractivity contribution < 1.29 is 9.63 Å². The average Bonchev–Trinajstić information content (AvgIpc) is 1.82. The van der Waals surface area contributed by atoms with Crippen LogP contribution in [0.5, 0.6) is 0 Å². The number of hydrogen-bond donors (Lipinski definition) is 1. The number of carbonyl (C=O) groups excluding carboxylic acids is 1. The van der Waals surface area contributed by atoms with E-state index < -0.39 is 0 Å². The van der Waals surface area contributed by atoms with Crippen LogP contribution in [0.2, 0.25) is 0 Å². The molecule has 13 heavy (non-hydrogen) atoms. The first kappa shape index (κ1) is 12.6. The van der Waals surface area contributed by atoms with Crippen LogP contribution >= 0.6 is 0 Å². The molecule has 0 aromatic rings. The van der Waals surface area contributed by atoms with Gasteiger partial charge < -0.3 is 0 Å². The highest BCUT2D eigenvalue weighted by atomic mass is 16.7. The third kappa shape index (κ3) is 6.72. The number of carbonyl (C=O) groups is 1. The molecule has 0 fully saturated rings. The largest absolute Gasteiger partial charge is 0.298 e. The van der Waals surface area contributed by atoms with Crippen molar-refractivity contribution in [1.29, 1.82) is 0 Å². The lowest BCUT2D eigenvalue weighted by Gasteiger charge is -2.21. The SMILES string of the molecule is CC(C)(C)ONCC(=O)C(C)(C)C. The van der Waals surface area contributed by atoms with Crippen LogP contribution in [0.25, 0.3) is 0 Å². The van der Waals surface area contributed by atoms with E-state index in [0.29, 0.717) is 0 Å². The lowest BCUT2D eigenvalue weighted by molar-refractivity contribution is -0.132. The summed E-state index contributed by atoms with van der Waals surface area (Å²) in [6.45, 7) is 11.8. The fourth-order valence-corrected chi connectivity index (χ4v) is 0.583. The highest BCUT2D eigenvalue weighted by molar-refractivity contribution is 5.85. The highest BCUT2D eigenvalue weighted by Crippen LogP contribution is 2.13. The first-order valence-electron chi connectivity index (χ1n) is 4.57. The molecule has 0 amide bonds. The zero-order valence-corrected chi connectivity index (χ0v) is 9.52. The van der Waals surface area contributed by atoms with Gasteiger partial charge in [-0.2, -0.15) is 5.48 Å². The van der Waals surface area contributed by atoms with E-state index in [9.17, 15) is 4.79 Å². The van der Waals surface area contributed by atoms with Crippen LogP contribution in [-0.2, 0) is 9.63 Å². The zero-order valence-electron chi connectivity index (χ0n) is 9.52. The maximum atomic E-state index is 11.4. The predicted molar refractivity (Wildman–Crippen MR) is 53.3 cm³/mol. The predicted octanol–water partition coefficient (Wildman–Crippen LogP) is 1.92. The minimum atomic E-state index is -0.297. The van der Waals surface area contributed by atoms with Crippen LogP contribution < -0.4 is 5.48 Å². The summed E-state index contributed by atoms with van der Waals surface area (Å²) in [6, 6.07) is 0. The van der Waals surface area contributed by atoms with Crippen molar-refractivity contribution in [2.75, 3.05) is 6.54 Å². The van der Waals surface area contributed by atoms with Crippen molar-refractivity contribution in [2.45, 2.75) is 47.1 Å². The van der Waals surface area contributed by atoms with E-state index in [4.69, 9.17) is 4.84 Å². The Morgan fingerprint density at radius 2 is 1.62 bits per heavy atom. The van der Waals surface area contributed by atoms with E-state index in [2.05, 4.69) is 5.48 Å². The molecule has 0 heterocycles. The van der Waals surface area contributed by atoms with Gasteiger partial charge in [0.1, 0.15) is 0 Å². The van der Waals surface area contributed by atoms with Gasteiger partial charge >= 0.3 is 0 Å². The maximum Gasteiger partial charge on any atom is 0.154 e. The van der Waals surface area contributed by atoms with Gasteiger partial charge in [0.05, 0.1) is 12.1 Å². The van der Waals surface area contributed by atoms with E-state index in [-0.39, 0.29) is 23.3 Å². The van der Waals surface area contributed by atoms with E-state index in [1.54, 1.807) is 0 Å². The van der Waals surface area contributed by atoms with Crippen LogP contribution in [-0.4, -0.2) is 17.9 Å². The molecule has 0 spiro atoms. The Kier molecular flexibility index (Phi) is 4.07. The topological polar surface area (TPSA) is 38.3 Å². The molecule has 0 radical (unpaired) electrons.